The van der Waals surface area contributed by atoms with E-state index in [4.69, 9.17) is 4.52 Å². The maximum Gasteiger partial charge on any atom is 0.251 e. The van der Waals surface area contributed by atoms with Crippen LogP contribution in [0.15, 0.2) is 4.52 Å². The van der Waals surface area contributed by atoms with Crippen molar-refractivity contribution in [3.05, 3.63) is 11.7 Å². The Hall–Kier alpha value is -1.96. The number of aryl methyl sites for hydroxylation is 1. The van der Waals surface area contributed by atoms with E-state index in [1.54, 1.807) is 11.8 Å². The lowest BCUT2D eigenvalue weighted by Gasteiger charge is -2.33. The number of rotatable bonds is 3. The van der Waals surface area contributed by atoms with Crippen molar-refractivity contribution in [3.8, 4) is 0 Å². The summed E-state index contributed by atoms with van der Waals surface area (Å²) in [6.07, 6.45) is 2.93. The van der Waals surface area contributed by atoms with Crippen LogP contribution >= 0.6 is 0 Å². The molecule has 2 saturated heterocycles. The first-order valence-electron chi connectivity index (χ1n) is 8.59. The number of piperidine rings is 1. The van der Waals surface area contributed by atoms with Crippen molar-refractivity contribution in [2.75, 3.05) is 26.2 Å². The molecule has 2 aliphatic heterocycles. The van der Waals surface area contributed by atoms with Crippen molar-refractivity contribution in [3.63, 3.8) is 0 Å². The molecule has 132 valence electrons. The third-order valence-electron chi connectivity index (χ3n) is 4.76. The number of hydrogen-bond donors (Lipinski definition) is 1. The van der Waals surface area contributed by atoms with Gasteiger partial charge in [0.2, 0.25) is 11.8 Å². The first-order chi connectivity index (χ1) is 11.5. The summed E-state index contributed by atoms with van der Waals surface area (Å²) in [5.41, 5.74) is 0. The Morgan fingerprint density at radius 2 is 2.12 bits per heavy atom. The molecular weight excluding hydrogens is 312 g/mol. The van der Waals surface area contributed by atoms with Gasteiger partial charge in [-0.05, 0) is 32.1 Å². The van der Waals surface area contributed by atoms with Crippen LogP contribution < -0.4 is 0 Å². The van der Waals surface area contributed by atoms with Gasteiger partial charge in [-0.25, -0.2) is 0 Å². The van der Waals surface area contributed by atoms with Crippen molar-refractivity contribution in [1.29, 1.82) is 0 Å². The lowest BCUT2D eigenvalue weighted by Crippen LogP contribution is -2.48. The van der Waals surface area contributed by atoms with Crippen LogP contribution in [-0.2, 0) is 9.59 Å². The number of aromatic nitrogens is 2. The monoisotopic (exact) mass is 336 g/mol. The average molecular weight is 336 g/mol. The fraction of sp³-hybridized carbons (Fsp3) is 0.750. The molecule has 0 aromatic carbocycles. The second-order valence-corrected chi connectivity index (χ2v) is 6.62. The molecule has 0 spiro atoms. The van der Waals surface area contributed by atoms with Gasteiger partial charge in [-0.1, -0.05) is 5.16 Å². The van der Waals surface area contributed by atoms with E-state index in [1.807, 2.05) is 0 Å². The van der Waals surface area contributed by atoms with E-state index in [0.717, 1.165) is 25.7 Å². The van der Waals surface area contributed by atoms with Crippen LogP contribution in [0.3, 0.4) is 0 Å². The van der Waals surface area contributed by atoms with Gasteiger partial charge in [0.15, 0.2) is 5.82 Å². The molecule has 3 rings (SSSR count). The van der Waals surface area contributed by atoms with Gasteiger partial charge in [0.05, 0.1) is 6.54 Å². The molecule has 0 aliphatic carbocycles. The second-order valence-electron chi connectivity index (χ2n) is 6.62. The summed E-state index contributed by atoms with van der Waals surface area (Å²) in [5, 5.41) is 13.8. The SMILES string of the molecule is Cc1nc(C2CCCN(C(=O)CN3CCCCC(O)C3=O)C2)no1. The Labute approximate surface area is 140 Å². The van der Waals surface area contributed by atoms with Gasteiger partial charge in [-0.2, -0.15) is 4.98 Å². The van der Waals surface area contributed by atoms with Crippen molar-refractivity contribution >= 4 is 11.8 Å². The summed E-state index contributed by atoms with van der Waals surface area (Å²) < 4.78 is 5.03. The van der Waals surface area contributed by atoms with Crippen LogP contribution in [0.5, 0.6) is 0 Å². The van der Waals surface area contributed by atoms with Gasteiger partial charge in [-0.3, -0.25) is 9.59 Å². The van der Waals surface area contributed by atoms with E-state index >= 15 is 0 Å². The summed E-state index contributed by atoms with van der Waals surface area (Å²) in [5.74, 6) is 0.833. The van der Waals surface area contributed by atoms with Gasteiger partial charge < -0.3 is 19.4 Å². The van der Waals surface area contributed by atoms with E-state index in [0.29, 0.717) is 37.8 Å². The molecule has 8 heteroatoms. The van der Waals surface area contributed by atoms with Gasteiger partial charge in [-0.15, -0.1) is 0 Å². The van der Waals surface area contributed by atoms with Gasteiger partial charge in [0.25, 0.3) is 5.91 Å². The Morgan fingerprint density at radius 3 is 2.88 bits per heavy atom. The van der Waals surface area contributed by atoms with Crippen LogP contribution in [-0.4, -0.2) is 69.1 Å². The zero-order chi connectivity index (χ0) is 17.1. The minimum Gasteiger partial charge on any atom is -0.383 e. The Morgan fingerprint density at radius 1 is 1.29 bits per heavy atom. The molecule has 2 aliphatic rings. The summed E-state index contributed by atoms with van der Waals surface area (Å²) in [6, 6.07) is 0. The Bertz CT molecular complexity index is 603. The van der Waals surface area contributed by atoms with Gasteiger partial charge in [0, 0.05) is 32.5 Å². The predicted octanol–water partition coefficient (Wildman–Crippen LogP) is 0.457. The summed E-state index contributed by atoms with van der Waals surface area (Å²) in [4.78, 5) is 32.2. The third-order valence-corrected chi connectivity index (χ3v) is 4.76. The third kappa shape index (κ3) is 3.75. The second kappa shape index (κ2) is 7.29. The highest BCUT2D eigenvalue weighted by Gasteiger charge is 2.31. The number of carbonyl (C=O) groups excluding carboxylic acids is 2. The Balaban J connectivity index is 1.61. The standard InChI is InChI=1S/C16H24N4O4/c1-11-17-15(18-24-11)12-5-4-8-19(9-12)14(22)10-20-7-3-2-6-13(21)16(20)23/h12-13,21H,2-10H2,1H3. The lowest BCUT2D eigenvalue weighted by atomic mass is 9.97. The van der Waals surface area contributed by atoms with E-state index in [1.165, 1.54) is 4.90 Å². The zero-order valence-corrected chi connectivity index (χ0v) is 14.0. The molecule has 2 unspecified atom stereocenters. The molecule has 8 nitrogen and oxygen atoms in total. The molecule has 1 N–H and O–H groups in total. The molecule has 24 heavy (non-hydrogen) atoms. The summed E-state index contributed by atoms with van der Waals surface area (Å²) in [7, 11) is 0. The minimum absolute atomic E-state index is 0.0356. The highest BCUT2D eigenvalue weighted by atomic mass is 16.5. The van der Waals surface area contributed by atoms with E-state index < -0.39 is 6.10 Å². The van der Waals surface area contributed by atoms with Crippen molar-refractivity contribution in [1.82, 2.24) is 19.9 Å². The number of nitrogens with zero attached hydrogens (tertiary/aromatic N) is 4. The maximum atomic E-state index is 12.6. The molecule has 3 heterocycles. The number of likely N-dealkylation sites (tertiary alicyclic amines) is 2. The predicted molar refractivity (Wildman–Crippen MR) is 84.0 cm³/mol. The summed E-state index contributed by atoms with van der Waals surface area (Å²) in [6.45, 7) is 3.54. The zero-order valence-electron chi connectivity index (χ0n) is 14.0. The molecule has 0 bridgehead atoms. The van der Waals surface area contributed by atoms with Crippen LogP contribution in [0.25, 0.3) is 0 Å². The van der Waals surface area contributed by atoms with Crippen molar-refractivity contribution < 1.29 is 19.2 Å². The van der Waals surface area contributed by atoms with Crippen molar-refractivity contribution in [2.45, 2.75) is 51.0 Å². The normalized spacial score (nSPS) is 25.7. The first kappa shape index (κ1) is 16.9. The smallest absolute Gasteiger partial charge is 0.251 e. The number of hydrogen-bond acceptors (Lipinski definition) is 6. The minimum atomic E-state index is -0.975. The molecule has 2 fully saturated rings. The van der Waals surface area contributed by atoms with Crippen LogP contribution in [0.4, 0.5) is 0 Å². The van der Waals surface area contributed by atoms with E-state index in [9.17, 15) is 14.7 Å². The highest BCUT2D eigenvalue weighted by molar-refractivity contribution is 5.87. The molecule has 2 amide bonds. The van der Waals surface area contributed by atoms with Crippen LogP contribution in [0, 0.1) is 6.92 Å². The Kier molecular flexibility index (Phi) is 5.13. The highest BCUT2D eigenvalue weighted by Crippen LogP contribution is 2.25. The molecule has 0 saturated carbocycles. The molecule has 1 aromatic rings. The van der Waals surface area contributed by atoms with Crippen molar-refractivity contribution in [2.24, 2.45) is 0 Å². The quantitative estimate of drug-likeness (QED) is 0.861. The van der Waals surface area contributed by atoms with Gasteiger partial charge in [0.1, 0.15) is 6.10 Å². The number of aliphatic hydroxyl groups is 1. The number of carbonyl (C=O) groups is 2. The van der Waals surface area contributed by atoms with Gasteiger partial charge >= 0.3 is 0 Å². The number of aliphatic hydroxyl groups excluding tert-OH is 1. The largest absolute Gasteiger partial charge is 0.383 e. The van der Waals surface area contributed by atoms with E-state index in [-0.39, 0.29) is 24.3 Å². The molecular formula is C16H24N4O4. The summed E-state index contributed by atoms with van der Waals surface area (Å²) >= 11 is 0. The molecule has 2 atom stereocenters. The van der Waals surface area contributed by atoms with Crippen LogP contribution in [0.2, 0.25) is 0 Å². The van der Waals surface area contributed by atoms with E-state index in [2.05, 4.69) is 10.1 Å². The fourth-order valence-corrected chi connectivity index (χ4v) is 3.40. The maximum absolute atomic E-state index is 12.6. The molecule has 1 aromatic heterocycles. The van der Waals surface area contributed by atoms with Crippen LogP contribution in [0.1, 0.15) is 49.7 Å². The molecule has 0 radical (unpaired) electrons. The topological polar surface area (TPSA) is 99.8 Å². The fourth-order valence-electron chi connectivity index (χ4n) is 3.40. The number of amides is 2. The first-order valence-corrected chi connectivity index (χ1v) is 8.59. The average Bonchev–Trinajstić information content (AvgIpc) is 2.96. The lowest BCUT2D eigenvalue weighted by molar-refractivity contribution is -0.145.